The minimum absolute atomic E-state index is 0. The average Bonchev–Trinajstić information content (AvgIpc) is 2.50. The van der Waals surface area contributed by atoms with Crippen molar-refractivity contribution in [3.05, 3.63) is 54.4 Å². The summed E-state index contributed by atoms with van der Waals surface area (Å²) >= 11 is 0. The Kier molecular flexibility index (Phi) is 7.39. The Morgan fingerprint density at radius 1 is 1.14 bits per heavy atom. The van der Waals surface area contributed by atoms with Gasteiger partial charge in [0.25, 0.3) is 0 Å². The smallest absolute Gasteiger partial charge is 0.346 e. The predicted molar refractivity (Wildman–Crippen MR) is 79.4 cm³/mol. The number of esters is 1. The molecule has 0 radical (unpaired) electrons. The van der Waals surface area contributed by atoms with Crippen molar-refractivity contribution in [2.75, 3.05) is 18.5 Å². The molecule has 2 aromatic rings. The Hall–Kier alpha value is -2.08. The molecule has 0 spiro atoms. The van der Waals surface area contributed by atoms with Crippen molar-refractivity contribution in [3.63, 3.8) is 0 Å². The minimum atomic E-state index is -0.384. The standard InChI is InChI=1S/C16H18N2O3.BrH/c1-3-20-16(19)14-12-18(21-4-2)11-10-15(14)17-13-8-6-5-7-9-13;/h5-12H,3-4H2,1-2H3;1H. The molecule has 0 unspecified atom stereocenters. The van der Waals surface area contributed by atoms with E-state index in [0.717, 1.165) is 5.69 Å². The molecule has 0 aliphatic heterocycles. The second kappa shape index (κ2) is 9.04. The molecule has 22 heavy (non-hydrogen) atoms. The van der Waals surface area contributed by atoms with Crippen LogP contribution >= 0.6 is 0 Å². The van der Waals surface area contributed by atoms with Gasteiger partial charge in [-0.25, -0.2) is 4.79 Å². The van der Waals surface area contributed by atoms with Crippen LogP contribution in [0.4, 0.5) is 11.4 Å². The van der Waals surface area contributed by atoms with Crippen LogP contribution in [0.5, 0.6) is 0 Å². The van der Waals surface area contributed by atoms with Crippen molar-refractivity contribution < 1.29 is 36.1 Å². The minimum Gasteiger partial charge on any atom is -1.00 e. The first-order valence-electron chi connectivity index (χ1n) is 6.92. The van der Waals surface area contributed by atoms with Gasteiger partial charge in [-0.15, -0.1) is 0 Å². The highest BCUT2D eigenvalue weighted by atomic mass is 79.9. The highest BCUT2D eigenvalue weighted by Crippen LogP contribution is 2.20. The van der Waals surface area contributed by atoms with Gasteiger partial charge >= 0.3 is 5.97 Å². The third-order valence-corrected chi connectivity index (χ3v) is 2.76. The van der Waals surface area contributed by atoms with Crippen LogP contribution in [-0.2, 0) is 4.74 Å². The summed E-state index contributed by atoms with van der Waals surface area (Å²) < 4.78 is 6.59. The summed E-state index contributed by atoms with van der Waals surface area (Å²) in [7, 11) is 0. The third kappa shape index (κ3) is 4.73. The lowest BCUT2D eigenvalue weighted by Gasteiger charge is -2.09. The molecular weight excluding hydrogens is 348 g/mol. The molecular formula is C16H19BrN2O3. The number of halogens is 1. The number of hydrogen-bond acceptors (Lipinski definition) is 4. The van der Waals surface area contributed by atoms with E-state index in [1.807, 2.05) is 37.3 Å². The maximum absolute atomic E-state index is 12.1. The topological polar surface area (TPSA) is 51.4 Å². The van der Waals surface area contributed by atoms with Gasteiger partial charge < -0.3 is 27.0 Å². The highest BCUT2D eigenvalue weighted by molar-refractivity contribution is 5.95. The van der Waals surface area contributed by atoms with Gasteiger partial charge in [0.2, 0.25) is 12.4 Å². The zero-order valence-electron chi connectivity index (χ0n) is 12.6. The average molecular weight is 367 g/mol. The van der Waals surface area contributed by atoms with E-state index in [2.05, 4.69) is 5.32 Å². The molecule has 0 amide bonds. The summed E-state index contributed by atoms with van der Waals surface area (Å²) in [5.41, 5.74) is 2.00. The molecule has 5 nitrogen and oxygen atoms in total. The molecule has 1 N–H and O–H groups in total. The number of hydrogen-bond donors (Lipinski definition) is 1. The number of anilines is 2. The van der Waals surface area contributed by atoms with Gasteiger partial charge in [-0.05, 0) is 26.0 Å². The van der Waals surface area contributed by atoms with Crippen LogP contribution in [0.3, 0.4) is 0 Å². The van der Waals surface area contributed by atoms with E-state index >= 15 is 0 Å². The van der Waals surface area contributed by atoms with Crippen molar-refractivity contribution >= 4 is 17.3 Å². The van der Waals surface area contributed by atoms with E-state index in [1.54, 1.807) is 25.4 Å². The summed E-state index contributed by atoms with van der Waals surface area (Å²) in [5, 5.41) is 3.21. The fourth-order valence-corrected chi connectivity index (χ4v) is 1.86. The lowest BCUT2D eigenvalue weighted by molar-refractivity contribution is -0.890. The van der Waals surface area contributed by atoms with Gasteiger partial charge in [0.1, 0.15) is 0 Å². The second-order valence-corrected chi connectivity index (χ2v) is 4.26. The second-order valence-electron chi connectivity index (χ2n) is 4.26. The molecule has 0 saturated carbocycles. The number of aromatic nitrogens is 1. The number of rotatable bonds is 6. The maximum Gasteiger partial charge on any atom is 0.346 e. The van der Waals surface area contributed by atoms with Gasteiger partial charge in [-0.2, -0.15) is 0 Å². The zero-order chi connectivity index (χ0) is 15.1. The number of para-hydroxylation sites is 1. The van der Waals surface area contributed by atoms with Crippen LogP contribution in [-0.4, -0.2) is 19.2 Å². The number of carbonyl (C=O) groups excluding carboxylic acids is 1. The molecule has 1 aromatic carbocycles. The lowest BCUT2D eigenvalue weighted by Crippen LogP contribution is -3.00. The third-order valence-electron chi connectivity index (χ3n) is 2.76. The van der Waals surface area contributed by atoms with Gasteiger partial charge in [0, 0.05) is 16.5 Å². The fraction of sp³-hybridized carbons (Fsp3) is 0.250. The van der Waals surface area contributed by atoms with E-state index in [-0.39, 0.29) is 23.0 Å². The van der Waals surface area contributed by atoms with Gasteiger partial charge in [0.15, 0.2) is 12.2 Å². The molecule has 0 fully saturated rings. The first kappa shape index (κ1) is 18.0. The van der Waals surface area contributed by atoms with Crippen LogP contribution in [0.25, 0.3) is 0 Å². The van der Waals surface area contributed by atoms with E-state index in [4.69, 9.17) is 9.57 Å². The predicted octanol–water partition coefficient (Wildman–Crippen LogP) is -0.653. The number of nitrogens with zero attached hydrogens (tertiary/aromatic N) is 1. The first-order chi connectivity index (χ1) is 10.2. The van der Waals surface area contributed by atoms with Crippen molar-refractivity contribution in [1.82, 2.24) is 0 Å². The molecule has 1 aromatic heterocycles. The molecule has 0 saturated heterocycles. The number of pyridine rings is 1. The van der Waals surface area contributed by atoms with Gasteiger partial charge in [0.05, 0.1) is 12.3 Å². The van der Waals surface area contributed by atoms with Gasteiger partial charge in [-0.3, -0.25) is 4.84 Å². The monoisotopic (exact) mass is 366 g/mol. The SMILES string of the molecule is CCOC(=O)c1c[n+](OCC)ccc1Nc1ccccc1.[Br-]. The Balaban J connectivity index is 0.00000242. The molecule has 0 aliphatic carbocycles. The summed E-state index contributed by atoms with van der Waals surface area (Å²) in [6.45, 7) is 4.50. The van der Waals surface area contributed by atoms with Crippen molar-refractivity contribution in [3.8, 4) is 0 Å². The number of ether oxygens (including phenoxy) is 1. The van der Waals surface area contributed by atoms with Crippen molar-refractivity contribution in [1.29, 1.82) is 0 Å². The van der Waals surface area contributed by atoms with E-state index < -0.39 is 0 Å². The van der Waals surface area contributed by atoms with Crippen molar-refractivity contribution in [2.24, 2.45) is 0 Å². The fourth-order valence-electron chi connectivity index (χ4n) is 1.86. The van der Waals surface area contributed by atoms with Crippen LogP contribution in [0.2, 0.25) is 0 Å². The molecule has 0 bridgehead atoms. The van der Waals surface area contributed by atoms with E-state index in [9.17, 15) is 4.79 Å². The molecule has 2 rings (SSSR count). The quantitative estimate of drug-likeness (QED) is 0.545. The van der Waals surface area contributed by atoms with Gasteiger partial charge in [-0.1, -0.05) is 18.2 Å². The summed E-state index contributed by atoms with van der Waals surface area (Å²) in [4.78, 5) is 17.4. The Morgan fingerprint density at radius 2 is 1.86 bits per heavy atom. The number of nitrogens with one attached hydrogen (secondary N) is 1. The van der Waals surface area contributed by atoms with E-state index in [0.29, 0.717) is 24.5 Å². The first-order valence-corrected chi connectivity index (χ1v) is 6.92. The number of carbonyl (C=O) groups is 1. The molecule has 0 atom stereocenters. The molecule has 6 heteroatoms. The zero-order valence-corrected chi connectivity index (χ0v) is 14.2. The highest BCUT2D eigenvalue weighted by Gasteiger charge is 2.19. The summed E-state index contributed by atoms with van der Waals surface area (Å²) in [6, 6.07) is 11.4. The Bertz CT molecular complexity index is 606. The maximum atomic E-state index is 12.1. The van der Waals surface area contributed by atoms with E-state index in [1.165, 1.54) is 4.73 Å². The molecule has 118 valence electrons. The summed E-state index contributed by atoms with van der Waals surface area (Å²) in [6.07, 6.45) is 3.37. The molecule has 0 aliphatic rings. The molecule has 1 heterocycles. The van der Waals surface area contributed by atoms with Crippen LogP contribution in [0, 0.1) is 0 Å². The van der Waals surface area contributed by atoms with Crippen LogP contribution in [0.15, 0.2) is 48.8 Å². The lowest BCUT2D eigenvalue weighted by atomic mass is 10.2. The number of benzene rings is 1. The Labute approximate surface area is 140 Å². The largest absolute Gasteiger partial charge is 1.00 e. The van der Waals surface area contributed by atoms with Crippen molar-refractivity contribution in [2.45, 2.75) is 13.8 Å². The normalized spacial score (nSPS) is 9.55. The summed E-state index contributed by atoms with van der Waals surface area (Å²) in [5.74, 6) is -0.384. The van der Waals surface area contributed by atoms with Crippen LogP contribution < -0.4 is 31.9 Å². The Morgan fingerprint density at radius 3 is 2.50 bits per heavy atom. The van der Waals surface area contributed by atoms with Crippen LogP contribution in [0.1, 0.15) is 24.2 Å².